The van der Waals surface area contributed by atoms with Crippen LogP contribution in [0.3, 0.4) is 0 Å². The molecule has 2 saturated heterocycles. The first-order valence-corrected chi connectivity index (χ1v) is 8.89. The lowest BCUT2D eigenvalue weighted by Crippen LogP contribution is -2.53. The zero-order valence-electron chi connectivity index (χ0n) is 14.7. The molecule has 0 aromatic carbocycles. The van der Waals surface area contributed by atoms with Crippen LogP contribution >= 0.6 is 0 Å². The molecule has 2 aliphatic heterocycles. The minimum atomic E-state index is 0.337. The number of morpholine rings is 1. The highest BCUT2D eigenvalue weighted by atomic mass is 16.5. The van der Waals surface area contributed by atoms with Gasteiger partial charge in [0.15, 0.2) is 5.65 Å². The number of ether oxygens (including phenoxy) is 1. The SMILES string of the molecule is C[C@H]1CN(C2CCN(c3ncnc4c3cnn4C)CC2)C[C@H](C)O1. The van der Waals surface area contributed by atoms with Crippen LogP contribution in [0, 0.1) is 0 Å². The molecule has 0 radical (unpaired) electrons. The molecule has 130 valence electrons. The number of nitrogens with zero attached hydrogens (tertiary/aromatic N) is 6. The molecule has 0 amide bonds. The number of hydrogen-bond donors (Lipinski definition) is 0. The molecule has 0 unspecified atom stereocenters. The van der Waals surface area contributed by atoms with Crippen molar-refractivity contribution in [1.29, 1.82) is 0 Å². The van der Waals surface area contributed by atoms with Crippen LogP contribution in [0.15, 0.2) is 12.5 Å². The molecule has 2 aromatic rings. The molecule has 7 nitrogen and oxygen atoms in total. The molecule has 24 heavy (non-hydrogen) atoms. The van der Waals surface area contributed by atoms with Crippen molar-refractivity contribution < 1.29 is 4.74 Å². The van der Waals surface area contributed by atoms with Crippen LogP contribution in [0.1, 0.15) is 26.7 Å². The molecule has 0 spiro atoms. The van der Waals surface area contributed by atoms with Gasteiger partial charge in [-0.2, -0.15) is 5.10 Å². The molecule has 2 aliphatic rings. The van der Waals surface area contributed by atoms with Gasteiger partial charge in [-0.15, -0.1) is 0 Å². The smallest absolute Gasteiger partial charge is 0.163 e. The quantitative estimate of drug-likeness (QED) is 0.830. The van der Waals surface area contributed by atoms with Crippen LogP contribution < -0.4 is 4.90 Å². The van der Waals surface area contributed by atoms with E-state index in [0.717, 1.165) is 43.0 Å². The van der Waals surface area contributed by atoms with Gasteiger partial charge < -0.3 is 9.64 Å². The van der Waals surface area contributed by atoms with Crippen molar-refractivity contribution in [2.75, 3.05) is 31.1 Å². The van der Waals surface area contributed by atoms with E-state index in [1.807, 2.05) is 17.9 Å². The molecule has 0 saturated carbocycles. The maximum absolute atomic E-state index is 5.87. The van der Waals surface area contributed by atoms with Crippen molar-refractivity contribution in [2.45, 2.75) is 44.9 Å². The number of piperidine rings is 1. The van der Waals surface area contributed by atoms with Crippen molar-refractivity contribution in [1.82, 2.24) is 24.6 Å². The maximum atomic E-state index is 5.87. The van der Waals surface area contributed by atoms with Gasteiger partial charge in [0.1, 0.15) is 12.1 Å². The summed E-state index contributed by atoms with van der Waals surface area (Å²) in [5, 5.41) is 5.37. The number of hydrogen-bond acceptors (Lipinski definition) is 6. The monoisotopic (exact) mass is 330 g/mol. The Morgan fingerprint density at radius 3 is 2.50 bits per heavy atom. The fraction of sp³-hybridized carbons (Fsp3) is 0.706. The predicted octanol–water partition coefficient (Wildman–Crippen LogP) is 1.44. The summed E-state index contributed by atoms with van der Waals surface area (Å²) < 4.78 is 7.68. The highest BCUT2D eigenvalue weighted by Crippen LogP contribution is 2.27. The van der Waals surface area contributed by atoms with Gasteiger partial charge in [-0.3, -0.25) is 9.58 Å². The van der Waals surface area contributed by atoms with Crippen molar-refractivity contribution in [3.8, 4) is 0 Å². The number of fused-ring (bicyclic) bond motifs is 1. The third kappa shape index (κ3) is 2.86. The van der Waals surface area contributed by atoms with Crippen molar-refractivity contribution >= 4 is 16.9 Å². The Kier molecular flexibility index (Phi) is 4.14. The van der Waals surface area contributed by atoms with Gasteiger partial charge in [0, 0.05) is 39.3 Å². The summed E-state index contributed by atoms with van der Waals surface area (Å²) in [6, 6.07) is 0.654. The Balaban J connectivity index is 1.46. The summed E-state index contributed by atoms with van der Waals surface area (Å²) in [6.07, 6.45) is 6.54. The van der Waals surface area contributed by atoms with E-state index in [9.17, 15) is 0 Å². The topological polar surface area (TPSA) is 59.3 Å². The summed E-state index contributed by atoms with van der Waals surface area (Å²) in [6.45, 7) is 8.53. The first kappa shape index (κ1) is 15.8. The second kappa shape index (κ2) is 6.29. The molecule has 7 heteroatoms. The van der Waals surface area contributed by atoms with E-state index in [4.69, 9.17) is 4.74 Å². The van der Waals surface area contributed by atoms with Crippen molar-refractivity contribution in [3.63, 3.8) is 0 Å². The average Bonchev–Trinajstić information content (AvgIpc) is 2.96. The summed E-state index contributed by atoms with van der Waals surface area (Å²) in [5.74, 6) is 1.02. The highest BCUT2D eigenvalue weighted by Gasteiger charge is 2.31. The normalized spacial score (nSPS) is 27.0. The molecule has 2 atom stereocenters. The fourth-order valence-electron chi connectivity index (χ4n) is 4.16. The molecule has 2 fully saturated rings. The fourth-order valence-corrected chi connectivity index (χ4v) is 4.16. The van der Waals surface area contributed by atoms with Crippen LogP contribution in [-0.2, 0) is 11.8 Å². The summed E-state index contributed by atoms with van der Waals surface area (Å²) in [7, 11) is 1.92. The van der Waals surface area contributed by atoms with Crippen LogP contribution in [0.5, 0.6) is 0 Å². The Bertz CT molecular complexity index is 698. The second-order valence-electron chi connectivity index (χ2n) is 7.13. The zero-order valence-corrected chi connectivity index (χ0v) is 14.7. The minimum Gasteiger partial charge on any atom is -0.373 e. The van der Waals surface area contributed by atoms with Gasteiger partial charge in [0.2, 0.25) is 0 Å². The molecular formula is C17H26N6O. The van der Waals surface area contributed by atoms with Crippen LogP contribution in [-0.4, -0.2) is 69.1 Å². The number of aryl methyl sites for hydroxylation is 1. The zero-order chi connectivity index (χ0) is 16.7. The van der Waals surface area contributed by atoms with E-state index < -0.39 is 0 Å². The highest BCUT2D eigenvalue weighted by molar-refractivity contribution is 5.86. The number of rotatable bonds is 2. The third-order valence-electron chi connectivity index (χ3n) is 5.24. The first-order valence-electron chi connectivity index (χ1n) is 8.89. The van der Waals surface area contributed by atoms with E-state index in [-0.39, 0.29) is 0 Å². The van der Waals surface area contributed by atoms with Crippen molar-refractivity contribution in [3.05, 3.63) is 12.5 Å². The van der Waals surface area contributed by atoms with E-state index >= 15 is 0 Å². The summed E-state index contributed by atoms with van der Waals surface area (Å²) in [5.41, 5.74) is 0.901. The van der Waals surface area contributed by atoms with Gasteiger partial charge in [-0.05, 0) is 26.7 Å². The lowest BCUT2D eigenvalue weighted by Gasteiger charge is -2.43. The lowest BCUT2D eigenvalue weighted by atomic mass is 10.0. The van der Waals surface area contributed by atoms with E-state index in [0.29, 0.717) is 18.2 Å². The van der Waals surface area contributed by atoms with E-state index in [2.05, 4.69) is 38.7 Å². The van der Waals surface area contributed by atoms with Gasteiger partial charge in [0.25, 0.3) is 0 Å². The number of aromatic nitrogens is 4. The predicted molar refractivity (Wildman–Crippen MR) is 93.1 cm³/mol. The van der Waals surface area contributed by atoms with Crippen LogP contribution in [0.25, 0.3) is 11.0 Å². The van der Waals surface area contributed by atoms with Gasteiger partial charge in [-0.25, -0.2) is 9.97 Å². The maximum Gasteiger partial charge on any atom is 0.163 e. The molecule has 4 rings (SSSR count). The Labute approximate surface area is 142 Å². The standard InChI is InChI=1S/C17H26N6O/c1-12-9-23(10-13(2)24-12)14-4-6-22(7-5-14)17-15-8-20-21(3)16(15)18-11-19-17/h8,11-14H,4-7,9-10H2,1-3H3/t12-,13-/m0/s1. The third-order valence-corrected chi connectivity index (χ3v) is 5.24. The minimum absolute atomic E-state index is 0.337. The molecule has 4 heterocycles. The van der Waals surface area contributed by atoms with Crippen molar-refractivity contribution in [2.24, 2.45) is 7.05 Å². The largest absolute Gasteiger partial charge is 0.373 e. The molecule has 2 aromatic heterocycles. The molecule has 0 bridgehead atoms. The Morgan fingerprint density at radius 1 is 1.08 bits per heavy atom. The summed E-state index contributed by atoms with van der Waals surface area (Å²) in [4.78, 5) is 13.9. The molecular weight excluding hydrogens is 304 g/mol. The Hall–Kier alpha value is -1.73. The average molecular weight is 330 g/mol. The van der Waals surface area contributed by atoms with E-state index in [1.54, 1.807) is 6.33 Å². The number of anilines is 1. The molecule has 0 aliphatic carbocycles. The summed E-state index contributed by atoms with van der Waals surface area (Å²) >= 11 is 0. The second-order valence-corrected chi connectivity index (χ2v) is 7.13. The molecule has 0 N–H and O–H groups in total. The van der Waals surface area contributed by atoms with Crippen LogP contribution in [0.4, 0.5) is 5.82 Å². The van der Waals surface area contributed by atoms with Gasteiger partial charge in [0.05, 0.1) is 23.8 Å². The van der Waals surface area contributed by atoms with Gasteiger partial charge in [-0.1, -0.05) is 0 Å². The van der Waals surface area contributed by atoms with E-state index in [1.165, 1.54) is 12.8 Å². The lowest BCUT2D eigenvalue weighted by molar-refractivity contribution is -0.0826. The van der Waals surface area contributed by atoms with Gasteiger partial charge >= 0.3 is 0 Å². The Morgan fingerprint density at radius 2 is 1.79 bits per heavy atom. The first-order chi connectivity index (χ1) is 11.6. The van der Waals surface area contributed by atoms with Crippen LogP contribution in [0.2, 0.25) is 0 Å².